The summed E-state index contributed by atoms with van der Waals surface area (Å²) in [5, 5.41) is 23.0. The van der Waals surface area contributed by atoms with Gasteiger partial charge >= 0.3 is 0 Å². The lowest BCUT2D eigenvalue weighted by Crippen LogP contribution is -2.33. The molecule has 0 amide bonds. The normalized spacial score (nSPS) is 19.3. The zero-order chi connectivity index (χ0) is 20.2. The molecule has 4 atom stereocenters. The van der Waals surface area contributed by atoms with Crippen molar-refractivity contribution in [3.63, 3.8) is 0 Å². The molecule has 0 aliphatic carbocycles. The molecule has 0 bridgehead atoms. The molecule has 4 rings (SSSR count). The lowest BCUT2D eigenvalue weighted by molar-refractivity contribution is -0.144. The van der Waals surface area contributed by atoms with Crippen LogP contribution in [0.2, 0.25) is 0 Å². The monoisotopic (exact) mass is 393 g/mol. The Morgan fingerprint density at radius 2 is 1.76 bits per heavy atom. The average Bonchev–Trinajstić information content (AvgIpc) is 3.45. The van der Waals surface area contributed by atoms with Gasteiger partial charge in [-0.3, -0.25) is 0 Å². The van der Waals surface area contributed by atoms with Crippen molar-refractivity contribution in [2.45, 2.75) is 38.4 Å². The van der Waals surface area contributed by atoms with Gasteiger partial charge in [0.1, 0.15) is 18.2 Å². The van der Waals surface area contributed by atoms with Crippen LogP contribution in [0.3, 0.4) is 0 Å². The second-order valence-electron chi connectivity index (χ2n) is 6.91. The fourth-order valence-corrected chi connectivity index (χ4v) is 3.05. The van der Waals surface area contributed by atoms with E-state index < -0.39 is 18.4 Å². The van der Waals surface area contributed by atoms with Crippen LogP contribution < -0.4 is 0 Å². The van der Waals surface area contributed by atoms with Gasteiger partial charge in [0, 0.05) is 5.56 Å². The van der Waals surface area contributed by atoms with E-state index in [1.165, 1.54) is 4.80 Å². The van der Waals surface area contributed by atoms with E-state index in [4.69, 9.17) is 9.47 Å². The van der Waals surface area contributed by atoms with Gasteiger partial charge in [0.05, 0.1) is 6.54 Å². The highest BCUT2D eigenvalue weighted by molar-refractivity contribution is 5.82. The first-order chi connectivity index (χ1) is 14.1. The van der Waals surface area contributed by atoms with E-state index in [1.807, 2.05) is 60.7 Å². The van der Waals surface area contributed by atoms with Gasteiger partial charge in [0.25, 0.3) is 0 Å². The minimum atomic E-state index is -1.15. The van der Waals surface area contributed by atoms with Crippen molar-refractivity contribution >= 4 is 5.90 Å². The summed E-state index contributed by atoms with van der Waals surface area (Å²) in [7, 11) is 0. The summed E-state index contributed by atoms with van der Waals surface area (Å²) in [6, 6.07) is 18.9. The maximum atomic E-state index is 10.5. The number of aromatic nitrogens is 4. The Morgan fingerprint density at radius 1 is 1.07 bits per heavy atom. The Balaban J connectivity index is 1.35. The summed E-state index contributed by atoms with van der Waals surface area (Å²) in [6.07, 6.45) is -1.78. The summed E-state index contributed by atoms with van der Waals surface area (Å²) < 4.78 is 11.6. The first-order valence-electron chi connectivity index (χ1n) is 9.56. The van der Waals surface area contributed by atoms with Gasteiger partial charge in [-0.05, 0) is 24.6 Å². The summed E-state index contributed by atoms with van der Waals surface area (Å²) in [5.74, 6) is 0.966. The first kappa shape index (κ1) is 19.2. The van der Waals surface area contributed by atoms with E-state index in [0.29, 0.717) is 18.3 Å². The number of aliphatic hydroxyl groups is 1. The number of rotatable bonds is 7. The van der Waals surface area contributed by atoms with Crippen LogP contribution in [0.15, 0.2) is 65.7 Å². The Kier molecular flexibility index (Phi) is 5.64. The lowest BCUT2D eigenvalue weighted by atomic mass is 10.1. The third-order valence-electron chi connectivity index (χ3n) is 4.78. The maximum absolute atomic E-state index is 10.5. The number of ether oxygens (including phenoxy) is 2. The van der Waals surface area contributed by atoms with Crippen molar-refractivity contribution in [1.29, 1.82) is 0 Å². The standard InChI is InChI=1S/C21H23N5O3/c1-14(26-24-19(23-25-26)17-11-7-4-8-12-17)21(27)28-15(2)20-22-13-18(29-20)16-9-5-3-6-10-16/h3-12,14-15,18,21,27H,13H2,1-2H3/t14-,15+,18?,21?/m0/s1. The summed E-state index contributed by atoms with van der Waals surface area (Å²) in [4.78, 5) is 5.78. The number of nitrogens with zero attached hydrogens (tertiary/aromatic N) is 5. The molecule has 8 heteroatoms. The fraction of sp³-hybridized carbons (Fsp3) is 0.333. The van der Waals surface area contributed by atoms with Crippen molar-refractivity contribution in [3.05, 3.63) is 66.2 Å². The lowest BCUT2D eigenvalue weighted by Gasteiger charge is -2.22. The molecule has 0 saturated heterocycles. The highest BCUT2D eigenvalue weighted by Gasteiger charge is 2.29. The van der Waals surface area contributed by atoms with Gasteiger partial charge in [-0.25, -0.2) is 4.99 Å². The van der Waals surface area contributed by atoms with Crippen molar-refractivity contribution in [3.8, 4) is 11.4 Å². The van der Waals surface area contributed by atoms with Crippen LogP contribution in [0.4, 0.5) is 0 Å². The molecule has 1 N–H and O–H groups in total. The summed E-state index contributed by atoms with van der Waals surface area (Å²) in [5.41, 5.74) is 1.92. The zero-order valence-electron chi connectivity index (χ0n) is 16.3. The molecule has 2 unspecified atom stereocenters. The molecule has 8 nitrogen and oxygen atoms in total. The zero-order valence-corrected chi connectivity index (χ0v) is 16.3. The van der Waals surface area contributed by atoms with E-state index in [1.54, 1.807) is 13.8 Å². The van der Waals surface area contributed by atoms with Crippen molar-refractivity contribution < 1.29 is 14.6 Å². The van der Waals surface area contributed by atoms with E-state index in [2.05, 4.69) is 20.4 Å². The summed E-state index contributed by atoms with van der Waals surface area (Å²) >= 11 is 0. The molecule has 1 aromatic heterocycles. The van der Waals surface area contributed by atoms with Crippen LogP contribution in [-0.2, 0) is 9.47 Å². The SMILES string of the molecule is C[C@@H](OC(O)[C@H](C)n1nnc(-c2ccccc2)n1)C1=NCC(c2ccccc2)O1. The number of aliphatic imine (C=N–C) groups is 1. The molecule has 29 heavy (non-hydrogen) atoms. The van der Waals surface area contributed by atoms with Gasteiger partial charge in [-0.2, -0.15) is 4.80 Å². The van der Waals surface area contributed by atoms with Gasteiger partial charge in [0.2, 0.25) is 11.7 Å². The highest BCUT2D eigenvalue weighted by Crippen LogP contribution is 2.25. The van der Waals surface area contributed by atoms with Crippen LogP contribution in [0.1, 0.15) is 31.6 Å². The van der Waals surface area contributed by atoms with Crippen LogP contribution in [0.25, 0.3) is 11.4 Å². The molecule has 0 saturated carbocycles. The minimum Gasteiger partial charge on any atom is -0.469 e. The molecule has 0 fully saturated rings. The van der Waals surface area contributed by atoms with Crippen LogP contribution in [-0.4, -0.2) is 50.2 Å². The molecular formula is C21H23N5O3. The second-order valence-corrected chi connectivity index (χ2v) is 6.91. The van der Waals surface area contributed by atoms with Crippen LogP contribution >= 0.6 is 0 Å². The number of hydrogen-bond donors (Lipinski definition) is 1. The quantitative estimate of drug-likeness (QED) is 0.620. The molecule has 2 aromatic carbocycles. The first-order valence-corrected chi connectivity index (χ1v) is 9.56. The maximum Gasteiger partial charge on any atom is 0.214 e. The van der Waals surface area contributed by atoms with Crippen molar-refractivity contribution in [1.82, 2.24) is 20.2 Å². The van der Waals surface area contributed by atoms with Gasteiger partial charge in [-0.1, -0.05) is 60.7 Å². The molecule has 2 heterocycles. The number of aliphatic hydroxyl groups excluding tert-OH is 1. The largest absolute Gasteiger partial charge is 0.469 e. The van der Waals surface area contributed by atoms with Gasteiger partial charge in [-0.15, -0.1) is 10.2 Å². The van der Waals surface area contributed by atoms with Crippen molar-refractivity contribution in [2.24, 2.45) is 4.99 Å². The predicted octanol–water partition coefficient (Wildman–Crippen LogP) is 2.79. The highest BCUT2D eigenvalue weighted by atomic mass is 16.6. The average molecular weight is 393 g/mol. The minimum absolute atomic E-state index is 0.128. The molecule has 150 valence electrons. The summed E-state index contributed by atoms with van der Waals surface area (Å²) in [6.45, 7) is 4.09. The number of benzene rings is 2. The van der Waals surface area contributed by atoms with E-state index in [-0.39, 0.29) is 6.10 Å². The number of hydrogen-bond acceptors (Lipinski definition) is 7. The Hall–Kier alpha value is -3.10. The predicted molar refractivity (Wildman–Crippen MR) is 107 cm³/mol. The molecular weight excluding hydrogens is 370 g/mol. The molecule has 0 radical (unpaired) electrons. The van der Waals surface area contributed by atoms with Gasteiger partial charge in [0.15, 0.2) is 6.29 Å². The second kappa shape index (κ2) is 8.50. The fourth-order valence-electron chi connectivity index (χ4n) is 3.05. The van der Waals surface area contributed by atoms with E-state index in [9.17, 15) is 5.11 Å². The van der Waals surface area contributed by atoms with Crippen LogP contribution in [0.5, 0.6) is 0 Å². The van der Waals surface area contributed by atoms with Crippen molar-refractivity contribution in [2.75, 3.05) is 6.54 Å². The molecule has 1 aliphatic rings. The Bertz CT molecular complexity index is 961. The Morgan fingerprint density at radius 3 is 2.48 bits per heavy atom. The topological polar surface area (TPSA) is 94.7 Å². The van der Waals surface area contributed by atoms with Gasteiger partial charge < -0.3 is 14.6 Å². The number of tetrazole rings is 1. The smallest absolute Gasteiger partial charge is 0.214 e. The third-order valence-corrected chi connectivity index (χ3v) is 4.78. The van der Waals surface area contributed by atoms with E-state index in [0.717, 1.165) is 11.1 Å². The molecule has 1 aliphatic heterocycles. The third kappa shape index (κ3) is 4.33. The van der Waals surface area contributed by atoms with E-state index >= 15 is 0 Å². The van der Waals surface area contributed by atoms with Crippen LogP contribution in [0, 0.1) is 0 Å². The molecule has 3 aromatic rings. The Labute approximate surface area is 168 Å². The molecule has 0 spiro atoms.